The Balaban J connectivity index is 1.34. The van der Waals surface area contributed by atoms with Crippen molar-refractivity contribution >= 4 is 57.2 Å². The molecule has 2 heterocycles. The smallest absolute Gasteiger partial charge is 0.252 e. The maximum absolute atomic E-state index is 9.06. The number of nitrogens with zero attached hydrogens (tertiary/aromatic N) is 2. The molecule has 0 amide bonds. The Hall–Kier alpha value is -5.02. The van der Waals surface area contributed by atoms with Crippen molar-refractivity contribution in [3.8, 4) is 11.1 Å². The molecule has 61 heavy (non-hydrogen) atoms. The minimum absolute atomic E-state index is 0.00519. The molecule has 0 atom stereocenters. The van der Waals surface area contributed by atoms with Gasteiger partial charge in [0.05, 0.1) is 0 Å². The van der Waals surface area contributed by atoms with Crippen LogP contribution in [0.5, 0.6) is 0 Å². The van der Waals surface area contributed by atoms with E-state index >= 15 is 0 Å². The molecule has 2 nitrogen and oxygen atoms in total. The highest BCUT2D eigenvalue weighted by molar-refractivity contribution is 7.00. The first kappa shape index (κ1) is 36.6. The molecule has 0 saturated carbocycles. The summed E-state index contributed by atoms with van der Waals surface area (Å²) in [7, 11) is 0. The molecule has 2 aliphatic carbocycles. The highest BCUT2D eigenvalue weighted by atomic mass is 15.2. The fraction of sp³-hybridized carbons (Fsp3) is 0.379. The third-order valence-electron chi connectivity index (χ3n) is 15.5. The van der Waals surface area contributed by atoms with Crippen LogP contribution in [0.3, 0.4) is 0 Å². The average Bonchev–Trinajstić information content (AvgIpc) is 3.23. The van der Waals surface area contributed by atoms with Gasteiger partial charge in [-0.05, 0) is 182 Å². The van der Waals surface area contributed by atoms with Crippen LogP contribution in [0.1, 0.15) is 145 Å². The Morgan fingerprint density at radius 3 is 1.70 bits per heavy atom. The molecule has 0 bridgehead atoms. The number of fused-ring (bicyclic) bond motifs is 6. The van der Waals surface area contributed by atoms with Crippen LogP contribution in [0.2, 0.25) is 0 Å². The molecule has 4 aliphatic rings. The molecule has 310 valence electrons. The molecule has 6 aromatic rings. The zero-order valence-corrected chi connectivity index (χ0v) is 38.7. The first-order valence-corrected chi connectivity index (χ1v) is 22.8. The molecular formula is C58H65BN2. The zero-order valence-electron chi connectivity index (χ0n) is 41.7. The van der Waals surface area contributed by atoms with Crippen molar-refractivity contribution in [2.75, 3.05) is 9.80 Å². The molecule has 0 radical (unpaired) electrons. The second-order valence-electron chi connectivity index (χ2n) is 22.6. The molecule has 6 aromatic carbocycles. The van der Waals surface area contributed by atoms with Gasteiger partial charge in [-0.25, -0.2) is 0 Å². The van der Waals surface area contributed by atoms with Gasteiger partial charge in [0, 0.05) is 38.2 Å². The molecule has 0 spiro atoms. The maximum atomic E-state index is 9.06. The summed E-state index contributed by atoms with van der Waals surface area (Å²) >= 11 is 0. The van der Waals surface area contributed by atoms with Crippen LogP contribution < -0.4 is 26.2 Å². The normalized spacial score (nSPS) is 19.7. The molecule has 0 aromatic heterocycles. The molecule has 0 saturated heterocycles. The highest BCUT2D eigenvalue weighted by Gasteiger charge is 2.47. The van der Waals surface area contributed by atoms with Gasteiger partial charge in [-0.2, -0.15) is 0 Å². The van der Waals surface area contributed by atoms with Crippen molar-refractivity contribution in [3.05, 3.63) is 148 Å². The topological polar surface area (TPSA) is 6.48 Å². The van der Waals surface area contributed by atoms with Gasteiger partial charge in [-0.3, -0.25) is 0 Å². The van der Waals surface area contributed by atoms with Gasteiger partial charge in [0.15, 0.2) is 0 Å². The number of anilines is 6. The van der Waals surface area contributed by atoms with Crippen molar-refractivity contribution in [2.45, 2.75) is 143 Å². The van der Waals surface area contributed by atoms with Crippen LogP contribution in [-0.4, -0.2) is 6.71 Å². The van der Waals surface area contributed by atoms with Gasteiger partial charge in [0.1, 0.15) is 0 Å². The quantitative estimate of drug-likeness (QED) is 0.164. The maximum Gasteiger partial charge on any atom is 0.252 e. The van der Waals surface area contributed by atoms with Crippen LogP contribution in [0.25, 0.3) is 11.1 Å². The molecule has 0 unspecified atom stereocenters. The van der Waals surface area contributed by atoms with Gasteiger partial charge in [0.2, 0.25) is 0 Å². The van der Waals surface area contributed by atoms with Crippen molar-refractivity contribution in [1.29, 1.82) is 0 Å². The summed E-state index contributed by atoms with van der Waals surface area (Å²) < 4.78 is 27.2. The van der Waals surface area contributed by atoms with Crippen molar-refractivity contribution in [1.82, 2.24) is 0 Å². The molecule has 2 aliphatic heterocycles. The van der Waals surface area contributed by atoms with E-state index in [0.29, 0.717) is 5.56 Å². The summed E-state index contributed by atoms with van der Waals surface area (Å²) in [5.74, 6) is 0. The molecule has 10 rings (SSSR count). The van der Waals surface area contributed by atoms with Crippen LogP contribution in [0.4, 0.5) is 34.1 Å². The van der Waals surface area contributed by atoms with Gasteiger partial charge in [0.25, 0.3) is 6.71 Å². The minimum atomic E-state index is -2.34. The first-order valence-electron chi connectivity index (χ1n) is 24.3. The summed E-state index contributed by atoms with van der Waals surface area (Å²) in [5.41, 5.74) is 20.7. The standard InChI is InChI=1S/C58H65BN2/c1-36-29-51-53-52(30-36)61(48-23-19-39(31-37(48)2)38-17-15-14-16-18-38)49-24-20-40(54(3,4)5)32-46(49)59(53)47-34-44-45(58(12,13)28-27-57(44,10)11)35-50(47)60(51)41-21-22-42-43(33-41)56(8,9)26-25-55(42,6)7/h14-24,29-35H,25-28H2,1-13H3/i1D3. The summed E-state index contributed by atoms with van der Waals surface area (Å²) in [6.45, 7) is 25.9. The first-order chi connectivity index (χ1) is 29.9. The third-order valence-corrected chi connectivity index (χ3v) is 15.5. The third kappa shape index (κ3) is 6.18. The Labute approximate surface area is 371 Å². The van der Waals surface area contributed by atoms with E-state index in [9.17, 15) is 0 Å². The number of hydrogen-bond acceptors (Lipinski definition) is 2. The zero-order chi connectivity index (χ0) is 45.7. The lowest BCUT2D eigenvalue weighted by molar-refractivity contribution is 0.332. The van der Waals surface area contributed by atoms with Crippen LogP contribution >= 0.6 is 0 Å². The summed E-state index contributed by atoms with van der Waals surface area (Å²) in [5, 5.41) is 0. The average molecular weight is 804 g/mol. The number of hydrogen-bond donors (Lipinski definition) is 0. The Morgan fingerprint density at radius 2 is 1.08 bits per heavy atom. The van der Waals surface area contributed by atoms with Crippen LogP contribution in [0.15, 0.2) is 109 Å². The SMILES string of the molecule is [2H]C([2H])([2H])c1cc2c3c(c1)N(c1ccc(-c4ccccc4)cc1C)c1ccc(C(C)(C)C)cc1B3c1cc3c(cc1N2c1ccc2c(c1)C(C)(C)CCC2(C)C)C(C)(C)CCC3(C)C. The van der Waals surface area contributed by atoms with E-state index in [-0.39, 0.29) is 33.8 Å². The molecular weight excluding hydrogens is 735 g/mol. The Bertz CT molecular complexity index is 2890. The number of aryl methyl sites for hydroxylation is 2. The van der Waals surface area contributed by atoms with Crippen molar-refractivity contribution in [2.24, 2.45) is 0 Å². The predicted molar refractivity (Wildman–Crippen MR) is 265 cm³/mol. The monoisotopic (exact) mass is 804 g/mol. The van der Waals surface area contributed by atoms with E-state index in [1.54, 1.807) is 0 Å². The molecule has 0 N–H and O–H groups in total. The second-order valence-corrected chi connectivity index (χ2v) is 22.6. The van der Waals surface area contributed by atoms with Crippen molar-refractivity contribution in [3.63, 3.8) is 0 Å². The van der Waals surface area contributed by atoms with Gasteiger partial charge in [-0.15, -0.1) is 0 Å². The fourth-order valence-electron chi connectivity index (χ4n) is 11.5. The van der Waals surface area contributed by atoms with Gasteiger partial charge < -0.3 is 9.80 Å². The Morgan fingerprint density at radius 1 is 0.508 bits per heavy atom. The summed E-state index contributed by atoms with van der Waals surface area (Å²) in [6, 6.07) is 40.7. The van der Waals surface area contributed by atoms with E-state index < -0.39 is 6.85 Å². The summed E-state index contributed by atoms with van der Waals surface area (Å²) in [6.07, 6.45) is 4.48. The van der Waals surface area contributed by atoms with Gasteiger partial charge >= 0.3 is 0 Å². The number of benzene rings is 6. The largest absolute Gasteiger partial charge is 0.311 e. The van der Waals surface area contributed by atoms with Crippen LogP contribution in [-0.2, 0) is 27.1 Å². The minimum Gasteiger partial charge on any atom is -0.311 e. The van der Waals surface area contributed by atoms with Crippen molar-refractivity contribution < 1.29 is 4.11 Å². The van der Waals surface area contributed by atoms with E-state index in [1.165, 1.54) is 44.3 Å². The Kier molecular flexibility index (Phi) is 7.95. The van der Waals surface area contributed by atoms with E-state index in [0.717, 1.165) is 76.4 Å². The molecule has 0 fully saturated rings. The van der Waals surface area contributed by atoms with E-state index in [2.05, 4.69) is 190 Å². The van der Waals surface area contributed by atoms with Gasteiger partial charge in [-0.1, -0.05) is 137 Å². The second kappa shape index (κ2) is 13.2. The van der Waals surface area contributed by atoms with Crippen LogP contribution in [0, 0.1) is 13.8 Å². The fourth-order valence-corrected chi connectivity index (χ4v) is 11.5. The number of rotatable bonds is 3. The molecule has 3 heteroatoms. The lowest BCUT2D eigenvalue weighted by Crippen LogP contribution is -2.62. The highest BCUT2D eigenvalue weighted by Crippen LogP contribution is 2.53. The van der Waals surface area contributed by atoms with E-state index in [1.807, 2.05) is 12.1 Å². The lowest BCUT2D eigenvalue weighted by atomic mass is 9.33. The lowest BCUT2D eigenvalue weighted by Gasteiger charge is -2.48. The predicted octanol–water partition coefficient (Wildman–Crippen LogP) is 14.0. The van der Waals surface area contributed by atoms with E-state index in [4.69, 9.17) is 4.11 Å². The summed E-state index contributed by atoms with van der Waals surface area (Å²) in [4.78, 5) is 4.86.